The second-order valence-corrected chi connectivity index (χ2v) is 7.11. The van der Waals surface area contributed by atoms with Gasteiger partial charge in [-0.05, 0) is 23.6 Å². The van der Waals surface area contributed by atoms with Gasteiger partial charge in [-0.3, -0.25) is 9.59 Å². The van der Waals surface area contributed by atoms with E-state index in [1.54, 1.807) is 18.6 Å². The first-order valence-corrected chi connectivity index (χ1v) is 9.34. The SMILES string of the molecule is COc1cccc(N2CC[NH+](CC(=O)Nc3sccc3C(N)=O)CC2)c1. The fourth-order valence-corrected chi connectivity index (χ4v) is 3.87. The van der Waals surface area contributed by atoms with Crippen LogP contribution in [0.15, 0.2) is 35.7 Å². The lowest BCUT2D eigenvalue weighted by atomic mass is 10.2. The van der Waals surface area contributed by atoms with Crippen LogP contribution >= 0.6 is 11.3 Å². The van der Waals surface area contributed by atoms with Crippen molar-refractivity contribution in [2.75, 3.05) is 50.1 Å². The van der Waals surface area contributed by atoms with E-state index in [2.05, 4.69) is 16.3 Å². The summed E-state index contributed by atoms with van der Waals surface area (Å²) in [4.78, 5) is 27.1. The van der Waals surface area contributed by atoms with Gasteiger partial charge in [-0.15, -0.1) is 11.3 Å². The second kappa shape index (κ2) is 8.20. The van der Waals surface area contributed by atoms with Crippen molar-refractivity contribution in [3.05, 3.63) is 41.3 Å². The molecule has 2 aromatic rings. The smallest absolute Gasteiger partial charge is 0.280 e. The summed E-state index contributed by atoms with van der Waals surface area (Å²) in [5.74, 6) is 0.221. The molecule has 26 heavy (non-hydrogen) atoms. The Bertz CT molecular complexity index is 784. The zero-order valence-corrected chi connectivity index (χ0v) is 15.5. The minimum absolute atomic E-state index is 0.0974. The van der Waals surface area contributed by atoms with Crippen molar-refractivity contribution in [2.45, 2.75) is 0 Å². The number of anilines is 2. The maximum absolute atomic E-state index is 12.3. The van der Waals surface area contributed by atoms with Crippen LogP contribution in [0.4, 0.5) is 10.7 Å². The summed E-state index contributed by atoms with van der Waals surface area (Å²) in [6.07, 6.45) is 0. The molecule has 2 amide bonds. The molecule has 4 N–H and O–H groups in total. The molecule has 138 valence electrons. The Hall–Kier alpha value is -2.58. The van der Waals surface area contributed by atoms with Crippen LogP contribution in [0.5, 0.6) is 5.75 Å². The fourth-order valence-electron chi connectivity index (χ4n) is 3.06. The van der Waals surface area contributed by atoms with Crippen LogP contribution < -0.4 is 25.6 Å². The van der Waals surface area contributed by atoms with Crippen molar-refractivity contribution in [3.63, 3.8) is 0 Å². The number of nitrogens with zero attached hydrogens (tertiary/aromatic N) is 1. The van der Waals surface area contributed by atoms with E-state index < -0.39 is 5.91 Å². The lowest BCUT2D eigenvalue weighted by Crippen LogP contribution is -3.15. The normalized spacial score (nSPS) is 14.9. The molecule has 0 aliphatic carbocycles. The number of carbonyl (C=O) groups is 2. The quantitative estimate of drug-likeness (QED) is 0.673. The van der Waals surface area contributed by atoms with Gasteiger partial charge in [0.2, 0.25) is 0 Å². The molecule has 8 heteroatoms. The van der Waals surface area contributed by atoms with Gasteiger partial charge in [0.25, 0.3) is 11.8 Å². The summed E-state index contributed by atoms with van der Waals surface area (Å²) in [7, 11) is 1.66. The Kier molecular flexibility index (Phi) is 5.75. The lowest BCUT2D eigenvalue weighted by molar-refractivity contribution is -0.892. The van der Waals surface area contributed by atoms with E-state index in [-0.39, 0.29) is 5.91 Å². The van der Waals surface area contributed by atoms with Crippen LogP contribution in [0.25, 0.3) is 0 Å². The number of hydrogen-bond donors (Lipinski definition) is 3. The maximum atomic E-state index is 12.3. The van der Waals surface area contributed by atoms with Gasteiger partial charge in [0.1, 0.15) is 10.8 Å². The predicted molar refractivity (Wildman–Crippen MR) is 102 cm³/mol. The number of amides is 2. The third-order valence-electron chi connectivity index (χ3n) is 4.48. The molecular weight excluding hydrogens is 352 g/mol. The summed E-state index contributed by atoms with van der Waals surface area (Å²) in [5, 5.41) is 5.08. The minimum atomic E-state index is -0.527. The molecule has 1 aliphatic rings. The van der Waals surface area contributed by atoms with Crippen molar-refractivity contribution in [3.8, 4) is 5.75 Å². The second-order valence-electron chi connectivity index (χ2n) is 6.19. The first-order chi connectivity index (χ1) is 12.6. The van der Waals surface area contributed by atoms with Crippen LogP contribution in [0.2, 0.25) is 0 Å². The van der Waals surface area contributed by atoms with E-state index in [1.165, 1.54) is 16.2 Å². The first-order valence-electron chi connectivity index (χ1n) is 8.46. The van der Waals surface area contributed by atoms with E-state index in [1.807, 2.05) is 18.2 Å². The number of nitrogens with two attached hydrogens (primary N) is 1. The first kappa shape index (κ1) is 18.2. The van der Waals surface area contributed by atoms with Gasteiger partial charge in [0.05, 0.1) is 38.9 Å². The topological polar surface area (TPSA) is 89.1 Å². The summed E-state index contributed by atoms with van der Waals surface area (Å²) >= 11 is 1.31. The number of primary amides is 1. The average Bonchev–Trinajstić information content (AvgIpc) is 3.10. The van der Waals surface area contributed by atoms with Crippen molar-refractivity contribution in [1.29, 1.82) is 0 Å². The van der Waals surface area contributed by atoms with E-state index in [9.17, 15) is 9.59 Å². The van der Waals surface area contributed by atoms with Crippen molar-refractivity contribution >= 4 is 33.8 Å². The van der Waals surface area contributed by atoms with Crippen LogP contribution in [0.1, 0.15) is 10.4 Å². The Balaban J connectivity index is 1.51. The third-order valence-corrected chi connectivity index (χ3v) is 5.31. The van der Waals surface area contributed by atoms with Crippen LogP contribution in [0.3, 0.4) is 0 Å². The molecule has 1 aliphatic heterocycles. The van der Waals surface area contributed by atoms with Crippen molar-refractivity contribution in [2.24, 2.45) is 5.73 Å². The number of benzene rings is 1. The average molecular weight is 375 g/mol. The lowest BCUT2D eigenvalue weighted by Gasteiger charge is -2.33. The Morgan fingerprint density at radius 2 is 2.08 bits per heavy atom. The number of rotatable bonds is 6. The molecule has 0 saturated carbocycles. The summed E-state index contributed by atoms with van der Waals surface area (Å²) in [6, 6.07) is 9.64. The molecular formula is C18H23N4O3S+. The van der Waals surface area contributed by atoms with Crippen LogP contribution in [-0.2, 0) is 4.79 Å². The van der Waals surface area contributed by atoms with Crippen LogP contribution in [0, 0.1) is 0 Å². The number of carbonyl (C=O) groups excluding carboxylic acids is 2. The highest BCUT2D eigenvalue weighted by molar-refractivity contribution is 7.14. The Labute approximate surface area is 156 Å². The summed E-state index contributed by atoms with van der Waals surface area (Å²) in [5.41, 5.74) is 6.81. The van der Waals surface area contributed by atoms with Gasteiger partial charge in [-0.1, -0.05) is 6.07 Å². The number of piperazine rings is 1. The molecule has 3 rings (SSSR count). The number of ether oxygens (including phenoxy) is 1. The molecule has 0 unspecified atom stereocenters. The van der Waals surface area contributed by atoms with Gasteiger partial charge in [0.15, 0.2) is 6.54 Å². The monoisotopic (exact) mass is 375 g/mol. The summed E-state index contributed by atoms with van der Waals surface area (Å²) < 4.78 is 5.28. The zero-order valence-electron chi connectivity index (χ0n) is 14.7. The van der Waals surface area contributed by atoms with Crippen LogP contribution in [-0.4, -0.2) is 51.6 Å². The highest BCUT2D eigenvalue weighted by Crippen LogP contribution is 2.22. The molecule has 1 aromatic carbocycles. The molecule has 0 atom stereocenters. The largest absolute Gasteiger partial charge is 0.497 e. The molecule has 0 bridgehead atoms. The van der Waals surface area contributed by atoms with Gasteiger partial charge in [-0.2, -0.15) is 0 Å². The van der Waals surface area contributed by atoms with E-state index in [0.29, 0.717) is 17.1 Å². The van der Waals surface area contributed by atoms with E-state index in [0.717, 1.165) is 37.6 Å². The molecule has 1 aromatic heterocycles. The van der Waals surface area contributed by atoms with E-state index >= 15 is 0 Å². The highest BCUT2D eigenvalue weighted by Gasteiger charge is 2.23. The van der Waals surface area contributed by atoms with Crippen molar-refractivity contribution in [1.82, 2.24) is 0 Å². The maximum Gasteiger partial charge on any atom is 0.280 e. The molecule has 1 saturated heterocycles. The zero-order chi connectivity index (χ0) is 18.5. The van der Waals surface area contributed by atoms with Crippen molar-refractivity contribution < 1.29 is 19.2 Å². The molecule has 0 spiro atoms. The minimum Gasteiger partial charge on any atom is -0.497 e. The number of methoxy groups -OCH3 is 1. The molecule has 0 radical (unpaired) electrons. The highest BCUT2D eigenvalue weighted by atomic mass is 32.1. The third kappa shape index (κ3) is 4.33. The van der Waals surface area contributed by atoms with Gasteiger partial charge in [-0.25, -0.2) is 0 Å². The molecule has 7 nitrogen and oxygen atoms in total. The summed E-state index contributed by atoms with van der Waals surface area (Å²) in [6.45, 7) is 3.88. The molecule has 1 fully saturated rings. The Morgan fingerprint density at radius 1 is 1.31 bits per heavy atom. The number of quaternary nitrogens is 1. The number of hydrogen-bond acceptors (Lipinski definition) is 5. The number of thiophene rings is 1. The van der Waals surface area contributed by atoms with Gasteiger partial charge >= 0.3 is 0 Å². The standard InChI is InChI=1S/C18H22N4O3S/c1-25-14-4-2-3-13(11-14)22-8-6-21(7-9-22)12-16(23)20-18-15(17(19)24)5-10-26-18/h2-5,10-11H,6-9,12H2,1H3,(H2,19,24)(H,20,23)/p+1. The Morgan fingerprint density at radius 3 is 2.77 bits per heavy atom. The number of nitrogens with one attached hydrogen (secondary N) is 2. The van der Waals surface area contributed by atoms with Gasteiger partial charge in [0, 0.05) is 11.8 Å². The van der Waals surface area contributed by atoms with E-state index in [4.69, 9.17) is 10.5 Å². The molecule has 2 heterocycles. The fraction of sp³-hybridized carbons (Fsp3) is 0.333. The van der Waals surface area contributed by atoms with Gasteiger partial charge < -0.3 is 25.6 Å². The predicted octanol–water partition coefficient (Wildman–Crippen LogP) is 0.199.